The van der Waals surface area contributed by atoms with E-state index in [2.05, 4.69) is 0 Å². The largest absolute Gasteiger partial charge is 0.508 e. The lowest BCUT2D eigenvalue weighted by molar-refractivity contribution is -0.143. The van der Waals surface area contributed by atoms with E-state index in [0.29, 0.717) is 13.0 Å². The van der Waals surface area contributed by atoms with E-state index < -0.39 is 17.4 Å². The van der Waals surface area contributed by atoms with Crippen LogP contribution in [-0.4, -0.2) is 39.6 Å². The van der Waals surface area contributed by atoms with Crippen molar-refractivity contribution in [2.45, 2.75) is 31.7 Å². The number of phenols is 1. The number of carbonyl (C=O) groups excluding carboxylic acids is 2. The van der Waals surface area contributed by atoms with E-state index in [9.17, 15) is 14.7 Å². The van der Waals surface area contributed by atoms with Crippen molar-refractivity contribution in [3.05, 3.63) is 29.8 Å². The van der Waals surface area contributed by atoms with Gasteiger partial charge in [-0.05, 0) is 38.0 Å². The Bertz CT molecular complexity index is 528. The maximum atomic E-state index is 12.6. The molecule has 0 saturated carbocycles. The van der Waals surface area contributed by atoms with E-state index in [1.165, 1.54) is 4.90 Å². The van der Waals surface area contributed by atoms with Gasteiger partial charge in [0.25, 0.3) is 5.91 Å². The number of phenolic OH excluding ortho intramolecular Hbond substituents is 1. The van der Waals surface area contributed by atoms with Gasteiger partial charge in [0.1, 0.15) is 11.8 Å². The minimum absolute atomic E-state index is 0.146. The Labute approximate surface area is 117 Å². The molecular formula is C14H18N2O4. The number of carbonyl (C=O) groups is 2. The highest BCUT2D eigenvalue weighted by Crippen LogP contribution is 2.36. The normalized spacial score (nSPS) is 23.8. The van der Waals surface area contributed by atoms with Gasteiger partial charge in [0, 0.05) is 6.54 Å². The highest BCUT2D eigenvalue weighted by Gasteiger charge is 2.46. The number of hydrogen-bond acceptors (Lipinski definition) is 4. The van der Waals surface area contributed by atoms with Crippen LogP contribution in [0.3, 0.4) is 0 Å². The molecule has 2 unspecified atom stereocenters. The Balaban J connectivity index is 2.26. The van der Waals surface area contributed by atoms with Crippen molar-refractivity contribution in [2.24, 2.45) is 0 Å². The van der Waals surface area contributed by atoms with Gasteiger partial charge in [-0.1, -0.05) is 12.1 Å². The third kappa shape index (κ3) is 2.22. The first-order chi connectivity index (χ1) is 9.40. The van der Waals surface area contributed by atoms with Gasteiger partial charge in [0.2, 0.25) is 5.91 Å². The molecule has 6 heteroatoms. The number of nitrogens with zero attached hydrogens (tertiary/aromatic N) is 1. The molecule has 108 valence electrons. The predicted molar refractivity (Wildman–Crippen MR) is 71.2 cm³/mol. The van der Waals surface area contributed by atoms with Crippen molar-refractivity contribution in [2.75, 3.05) is 6.54 Å². The predicted octanol–water partition coefficient (Wildman–Crippen LogP) is 0.776. The molecule has 1 saturated heterocycles. The first kappa shape index (κ1) is 14.3. The van der Waals surface area contributed by atoms with Crippen molar-refractivity contribution >= 4 is 11.8 Å². The topological polar surface area (TPSA) is 89.9 Å². The lowest BCUT2D eigenvalue weighted by atomic mass is 9.81. The molecule has 1 aromatic rings. The molecule has 0 aliphatic carbocycles. The second-order valence-electron chi connectivity index (χ2n) is 5.28. The molecule has 0 spiro atoms. The van der Waals surface area contributed by atoms with Gasteiger partial charge >= 0.3 is 0 Å². The van der Waals surface area contributed by atoms with Gasteiger partial charge in [0.15, 0.2) is 0 Å². The maximum absolute atomic E-state index is 12.6. The van der Waals surface area contributed by atoms with E-state index in [4.69, 9.17) is 5.21 Å². The van der Waals surface area contributed by atoms with Gasteiger partial charge < -0.3 is 10.0 Å². The molecule has 0 radical (unpaired) electrons. The molecule has 1 aromatic carbocycles. The molecule has 2 amide bonds. The monoisotopic (exact) mass is 278 g/mol. The fraction of sp³-hybridized carbons (Fsp3) is 0.429. The zero-order valence-corrected chi connectivity index (χ0v) is 11.5. The molecule has 1 fully saturated rings. The Hall–Kier alpha value is -2.08. The summed E-state index contributed by atoms with van der Waals surface area (Å²) in [6, 6.07) is 5.80. The molecule has 1 heterocycles. The van der Waals surface area contributed by atoms with Gasteiger partial charge in [-0.15, -0.1) is 0 Å². The van der Waals surface area contributed by atoms with E-state index >= 15 is 0 Å². The van der Waals surface area contributed by atoms with Crippen LogP contribution < -0.4 is 5.48 Å². The average Bonchev–Trinajstić information content (AvgIpc) is 2.75. The summed E-state index contributed by atoms with van der Waals surface area (Å²) in [5.74, 6) is -0.611. The summed E-state index contributed by atoms with van der Waals surface area (Å²) in [5.41, 5.74) is 1.67. The molecule has 1 aliphatic heterocycles. The van der Waals surface area contributed by atoms with Crippen LogP contribution in [0, 0.1) is 0 Å². The van der Waals surface area contributed by atoms with Crippen molar-refractivity contribution in [3.8, 4) is 5.75 Å². The maximum Gasteiger partial charge on any atom is 0.265 e. The second-order valence-corrected chi connectivity index (χ2v) is 5.28. The second kappa shape index (κ2) is 5.13. The summed E-state index contributed by atoms with van der Waals surface area (Å²) in [4.78, 5) is 25.5. The van der Waals surface area contributed by atoms with Gasteiger partial charge in [-0.2, -0.15) is 0 Å². The van der Waals surface area contributed by atoms with Crippen LogP contribution >= 0.6 is 0 Å². The van der Waals surface area contributed by atoms with E-state index in [0.717, 1.165) is 5.56 Å². The van der Waals surface area contributed by atoms with Gasteiger partial charge in [-0.3, -0.25) is 14.8 Å². The fourth-order valence-electron chi connectivity index (χ4n) is 2.57. The van der Waals surface area contributed by atoms with Crippen molar-refractivity contribution in [3.63, 3.8) is 0 Å². The number of benzene rings is 1. The standard InChI is InChI=1S/C14H18N2O4/c1-9(12(18)15-20)16-8-7-14(2,13(16)19)10-3-5-11(17)6-4-10/h3-6,9,17,20H,7-8H2,1-2H3,(H,15,18). The van der Waals surface area contributed by atoms with Crippen LogP contribution in [0.4, 0.5) is 0 Å². The SMILES string of the molecule is CC(C(=O)NO)N1CCC(C)(c2ccc(O)cc2)C1=O. The molecule has 0 aromatic heterocycles. The smallest absolute Gasteiger partial charge is 0.265 e. The molecule has 20 heavy (non-hydrogen) atoms. The quantitative estimate of drug-likeness (QED) is 0.563. The summed E-state index contributed by atoms with van der Waals surface area (Å²) >= 11 is 0. The summed E-state index contributed by atoms with van der Waals surface area (Å²) in [6.07, 6.45) is 0.583. The fourth-order valence-corrected chi connectivity index (χ4v) is 2.57. The molecular weight excluding hydrogens is 260 g/mol. The molecule has 2 rings (SSSR count). The molecule has 0 bridgehead atoms. The highest BCUT2D eigenvalue weighted by atomic mass is 16.5. The van der Waals surface area contributed by atoms with E-state index in [1.807, 2.05) is 6.92 Å². The Morgan fingerprint density at radius 3 is 2.55 bits per heavy atom. The summed E-state index contributed by atoms with van der Waals surface area (Å²) in [6.45, 7) is 3.85. The van der Waals surface area contributed by atoms with E-state index in [-0.39, 0.29) is 11.7 Å². The molecule has 3 N–H and O–H groups in total. The number of nitrogens with one attached hydrogen (secondary N) is 1. The zero-order chi connectivity index (χ0) is 14.9. The Morgan fingerprint density at radius 2 is 2.00 bits per heavy atom. The van der Waals surface area contributed by atoms with Crippen molar-refractivity contribution in [1.82, 2.24) is 10.4 Å². The number of aromatic hydroxyl groups is 1. The summed E-state index contributed by atoms with van der Waals surface area (Å²) < 4.78 is 0. The number of amides is 2. The molecule has 2 atom stereocenters. The lowest BCUT2D eigenvalue weighted by Gasteiger charge is -2.27. The number of rotatable bonds is 3. The van der Waals surface area contributed by atoms with E-state index in [1.54, 1.807) is 36.7 Å². The lowest BCUT2D eigenvalue weighted by Crippen LogP contribution is -2.47. The Morgan fingerprint density at radius 1 is 1.40 bits per heavy atom. The van der Waals surface area contributed by atoms with Gasteiger partial charge in [-0.25, -0.2) is 5.48 Å². The number of likely N-dealkylation sites (tertiary alicyclic amines) is 1. The summed E-state index contributed by atoms with van der Waals surface area (Å²) in [7, 11) is 0. The van der Waals surface area contributed by atoms with Crippen molar-refractivity contribution < 1.29 is 19.9 Å². The third-order valence-electron chi connectivity index (χ3n) is 4.05. The number of hydroxylamine groups is 1. The highest BCUT2D eigenvalue weighted by molar-refractivity contribution is 5.94. The molecule has 6 nitrogen and oxygen atoms in total. The Kier molecular flexibility index (Phi) is 3.67. The van der Waals surface area contributed by atoms with Gasteiger partial charge in [0.05, 0.1) is 5.41 Å². The van der Waals surface area contributed by atoms with Crippen LogP contribution in [0.25, 0.3) is 0 Å². The average molecular weight is 278 g/mol. The first-order valence-electron chi connectivity index (χ1n) is 6.44. The van der Waals surface area contributed by atoms with Crippen molar-refractivity contribution in [1.29, 1.82) is 0 Å². The molecule has 1 aliphatic rings. The van der Waals surface area contributed by atoms with Crippen LogP contribution in [0.15, 0.2) is 24.3 Å². The number of hydrogen-bond donors (Lipinski definition) is 3. The minimum atomic E-state index is -0.716. The van der Waals surface area contributed by atoms with Crippen LogP contribution in [0.2, 0.25) is 0 Å². The zero-order valence-electron chi connectivity index (χ0n) is 11.5. The third-order valence-corrected chi connectivity index (χ3v) is 4.05. The van der Waals surface area contributed by atoms with Crippen LogP contribution in [0.1, 0.15) is 25.8 Å². The van der Waals surface area contributed by atoms with Crippen LogP contribution in [0.5, 0.6) is 5.75 Å². The first-order valence-corrected chi connectivity index (χ1v) is 6.44. The minimum Gasteiger partial charge on any atom is -0.508 e. The van der Waals surface area contributed by atoms with Crippen LogP contribution in [-0.2, 0) is 15.0 Å². The summed E-state index contributed by atoms with van der Waals surface area (Å²) in [5, 5.41) is 18.0.